The number of piperidine rings is 1. The van der Waals surface area contributed by atoms with E-state index in [1.54, 1.807) is 24.4 Å². The Morgan fingerprint density at radius 2 is 2.07 bits per heavy atom. The second kappa shape index (κ2) is 9.31. The molecular weight excluding hydrogens is 407 g/mol. The van der Waals surface area contributed by atoms with Crippen molar-refractivity contribution in [3.8, 4) is 0 Å². The zero-order valence-electron chi connectivity index (χ0n) is 16.2. The number of aromatic nitrogens is 3. The highest BCUT2D eigenvalue weighted by molar-refractivity contribution is 8.18. The summed E-state index contributed by atoms with van der Waals surface area (Å²) in [5.74, 6) is 0.444. The van der Waals surface area contributed by atoms with E-state index in [0.29, 0.717) is 29.0 Å². The fourth-order valence-corrected chi connectivity index (χ4v) is 4.07. The maximum atomic E-state index is 12.9. The second-order valence-corrected chi connectivity index (χ2v) is 8.18. The van der Waals surface area contributed by atoms with Crippen molar-refractivity contribution < 1.29 is 14.0 Å². The van der Waals surface area contributed by atoms with Crippen molar-refractivity contribution in [3.05, 3.63) is 52.7 Å². The lowest BCUT2D eigenvalue weighted by molar-refractivity contribution is -0.115. The molecule has 0 saturated carbocycles. The Kier molecular flexibility index (Phi) is 6.34. The van der Waals surface area contributed by atoms with Gasteiger partial charge < -0.3 is 10.2 Å². The summed E-state index contributed by atoms with van der Waals surface area (Å²) in [6.07, 6.45) is 6.51. The zero-order valence-corrected chi connectivity index (χ0v) is 17.0. The standard InChI is InChI=1S/C20H21FN6O2S/c21-14-1-2-16(24-11-14)12-22-10-13-4-7-27(8-5-13)19-23-6-3-15(25-19)9-17-18(28)26-20(29)30-17/h1-3,6,9,11,13,22H,4-5,7-8,10,12H2,(H,26,28,29)/b17-9+. The van der Waals surface area contributed by atoms with Gasteiger partial charge in [-0.05, 0) is 61.3 Å². The van der Waals surface area contributed by atoms with Crippen LogP contribution in [0, 0.1) is 11.7 Å². The van der Waals surface area contributed by atoms with Gasteiger partial charge in [-0.2, -0.15) is 0 Å². The molecule has 0 bridgehead atoms. The van der Waals surface area contributed by atoms with E-state index in [1.807, 2.05) is 0 Å². The highest BCUT2D eigenvalue weighted by Gasteiger charge is 2.25. The van der Waals surface area contributed by atoms with Gasteiger partial charge in [0, 0.05) is 25.8 Å². The number of carbonyl (C=O) groups excluding carboxylic acids is 2. The third-order valence-corrected chi connectivity index (χ3v) is 5.82. The van der Waals surface area contributed by atoms with E-state index in [1.165, 1.54) is 12.3 Å². The molecule has 4 heterocycles. The molecule has 2 amide bonds. The van der Waals surface area contributed by atoms with Crippen LogP contribution in [0.15, 0.2) is 35.5 Å². The molecule has 156 valence electrons. The van der Waals surface area contributed by atoms with E-state index >= 15 is 0 Å². The number of carbonyl (C=O) groups is 2. The molecule has 2 aromatic rings. The van der Waals surface area contributed by atoms with Gasteiger partial charge in [-0.1, -0.05) is 0 Å². The molecule has 2 fully saturated rings. The van der Waals surface area contributed by atoms with Gasteiger partial charge in [-0.25, -0.2) is 14.4 Å². The number of amides is 2. The summed E-state index contributed by atoms with van der Waals surface area (Å²) in [6, 6.07) is 4.82. The zero-order chi connectivity index (χ0) is 20.9. The van der Waals surface area contributed by atoms with Crippen LogP contribution in [0.4, 0.5) is 15.1 Å². The fourth-order valence-electron chi connectivity index (χ4n) is 3.40. The van der Waals surface area contributed by atoms with E-state index in [0.717, 1.165) is 49.9 Å². The quantitative estimate of drug-likeness (QED) is 0.677. The summed E-state index contributed by atoms with van der Waals surface area (Å²) >= 11 is 0.874. The summed E-state index contributed by atoms with van der Waals surface area (Å²) in [7, 11) is 0. The Morgan fingerprint density at radius 3 is 2.77 bits per heavy atom. The molecule has 8 nitrogen and oxygen atoms in total. The maximum Gasteiger partial charge on any atom is 0.290 e. The summed E-state index contributed by atoms with van der Waals surface area (Å²) in [5, 5.41) is 5.26. The first-order valence-electron chi connectivity index (χ1n) is 9.71. The van der Waals surface area contributed by atoms with Crippen molar-refractivity contribution >= 4 is 34.9 Å². The Hall–Kier alpha value is -2.85. The van der Waals surface area contributed by atoms with Gasteiger partial charge in [0.05, 0.1) is 22.5 Å². The van der Waals surface area contributed by atoms with Crippen LogP contribution in [0.25, 0.3) is 6.08 Å². The Balaban J connectivity index is 1.28. The summed E-state index contributed by atoms with van der Waals surface area (Å²) in [4.78, 5) is 38.4. The second-order valence-electron chi connectivity index (χ2n) is 7.16. The third-order valence-electron chi connectivity index (χ3n) is 5.01. The SMILES string of the molecule is O=C1NC(=O)/C(=C\c2ccnc(N3CCC(CNCc4ccc(F)cn4)CC3)n2)S1. The number of halogens is 1. The predicted octanol–water partition coefficient (Wildman–Crippen LogP) is 2.34. The number of nitrogens with zero attached hydrogens (tertiary/aromatic N) is 4. The number of pyridine rings is 1. The van der Waals surface area contributed by atoms with Gasteiger partial charge in [0.1, 0.15) is 5.82 Å². The van der Waals surface area contributed by atoms with Crippen LogP contribution >= 0.6 is 11.8 Å². The van der Waals surface area contributed by atoms with Crippen molar-refractivity contribution in [1.29, 1.82) is 0 Å². The highest BCUT2D eigenvalue weighted by Crippen LogP contribution is 2.26. The van der Waals surface area contributed by atoms with Crippen LogP contribution in [0.5, 0.6) is 0 Å². The normalized spacial score (nSPS) is 18.8. The van der Waals surface area contributed by atoms with Gasteiger partial charge >= 0.3 is 0 Å². The molecule has 10 heteroatoms. The molecule has 0 atom stereocenters. The number of nitrogens with one attached hydrogen (secondary N) is 2. The minimum absolute atomic E-state index is 0.327. The molecule has 0 spiro atoms. The first-order chi connectivity index (χ1) is 14.6. The first kappa shape index (κ1) is 20.4. The number of rotatable bonds is 6. The number of anilines is 1. The first-order valence-corrected chi connectivity index (χ1v) is 10.5. The van der Waals surface area contributed by atoms with E-state index < -0.39 is 5.91 Å². The molecule has 2 aromatic heterocycles. The van der Waals surface area contributed by atoms with Crippen molar-refractivity contribution in [2.45, 2.75) is 19.4 Å². The molecule has 0 aliphatic carbocycles. The number of hydrogen-bond acceptors (Lipinski definition) is 8. The van der Waals surface area contributed by atoms with Gasteiger partial charge in [0.25, 0.3) is 11.1 Å². The van der Waals surface area contributed by atoms with Gasteiger partial charge in [-0.3, -0.25) is 19.9 Å². The van der Waals surface area contributed by atoms with Crippen LogP contribution in [0.2, 0.25) is 0 Å². The largest absolute Gasteiger partial charge is 0.341 e. The van der Waals surface area contributed by atoms with Crippen LogP contribution in [-0.4, -0.2) is 45.7 Å². The lowest BCUT2D eigenvalue weighted by Crippen LogP contribution is -2.38. The highest BCUT2D eigenvalue weighted by atomic mass is 32.2. The molecule has 2 aliphatic rings. The molecule has 2 aliphatic heterocycles. The van der Waals surface area contributed by atoms with Crippen molar-refractivity contribution in [2.75, 3.05) is 24.5 Å². The third kappa shape index (κ3) is 5.19. The monoisotopic (exact) mass is 428 g/mol. The average Bonchev–Trinajstić information content (AvgIpc) is 3.07. The lowest BCUT2D eigenvalue weighted by Gasteiger charge is -2.32. The molecule has 30 heavy (non-hydrogen) atoms. The number of thioether (sulfide) groups is 1. The summed E-state index contributed by atoms with van der Waals surface area (Å²) in [6.45, 7) is 3.18. The fraction of sp³-hybridized carbons (Fsp3) is 0.350. The van der Waals surface area contributed by atoms with Crippen LogP contribution in [0.1, 0.15) is 24.2 Å². The summed E-state index contributed by atoms with van der Waals surface area (Å²) in [5.41, 5.74) is 1.42. The number of imide groups is 1. The van der Waals surface area contributed by atoms with Gasteiger partial charge in [-0.15, -0.1) is 0 Å². The minimum atomic E-state index is -0.394. The Bertz CT molecular complexity index is 960. The van der Waals surface area contributed by atoms with Crippen molar-refractivity contribution in [2.24, 2.45) is 5.92 Å². The van der Waals surface area contributed by atoms with Crippen LogP contribution < -0.4 is 15.5 Å². The molecule has 0 aromatic carbocycles. The molecule has 2 saturated heterocycles. The molecule has 2 N–H and O–H groups in total. The average molecular weight is 428 g/mol. The smallest absolute Gasteiger partial charge is 0.290 e. The minimum Gasteiger partial charge on any atom is -0.341 e. The van der Waals surface area contributed by atoms with E-state index in [4.69, 9.17) is 0 Å². The molecule has 0 radical (unpaired) electrons. The maximum absolute atomic E-state index is 12.9. The summed E-state index contributed by atoms with van der Waals surface area (Å²) < 4.78 is 12.9. The topological polar surface area (TPSA) is 100 Å². The van der Waals surface area contributed by atoms with Gasteiger partial charge in [0.15, 0.2) is 0 Å². The Labute approximate surface area is 177 Å². The van der Waals surface area contributed by atoms with Gasteiger partial charge in [0.2, 0.25) is 5.95 Å². The number of hydrogen-bond donors (Lipinski definition) is 2. The predicted molar refractivity (Wildman–Crippen MR) is 112 cm³/mol. The van der Waals surface area contributed by atoms with Crippen LogP contribution in [0.3, 0.4) is 0 Å². The molecule has 4 rings (SSSR count). The van der Waals surface area contributed by atoms with Crippen molar-refractivity contribution in [1.82, 2.24) is 25.6 Å². The Morgan fingerprint density at radius 1 is 1.23 bits per heavy atom. The lowest BCUT2D eigenvalue weighted by atomic mass is 9.97. The van der Waals surface area contributed by atoms with Crippen molar-refractivity contribution in [3.63, 3.8) is 0 Å². The molecular formula is C20H21FN6O2S. The van der Waals surface area contributed by atoms with E-state index in [-0.39, 0.29) is 11.1 Å². The van der Waals surface area contributed by atoms with Crippen LogP contribution in [-0.2, 0) is 11.3 Å². The van der Waals surface area contributed by atoms with E-state index in [2.05, 4.69) is 30.5 Å². The molecule has 0 unspecified atom stereocenters. The van der Waals surface area contributed by atoms with E-state index in [9.17, 15) is 14.0 Å².